The molecule has 322 valence electrons. The smallest absolute Gasteiger partial charge is 0.336 e. The molecule has 4 aliphatic rings. The van der Waals surface area contributed by atoms with Gasteiger partial charge in [0, 0.05) is 17.5 Å². The summed E-state index contributed by atoms with van der Waals surface area (Å²) in [4.78, 5) is 11.9. The number of benzene rings is 1. The third kappa shape index (κ3) is 8.84. The SMILES string of the molecule is Cc1cc(=O)oc2cc(O[C@@H]3OC(CO)[C@H](O[C@@H]4OC(CO)[C@H](O[C@@H]5OC(CO)[C@H](O[C@@H]6OC(CO)[C@H](O)C(O)C6O)C(O)C5O)C(O)C4O)C(O)C3O)ccc12. The van der Waals surface area contributed by atoms with Crippen molar-refractivity contribution in [2.45, 2.75) is 130 Å². The molecule has 0 amide bonds. The molecular formula is C34H48O23. The van der Waals surface area contributed by atoms with Gasteiger partial charge in [-0.2, -0.15) is 0 Å². The third-order valence-electron chi connectivity index (χ3n) is 10.4. The maximum absolute atomic E-state index is 11.9. The fourth-order valence-electron chi connectivity index (χ4n) is 7.14. The van der Waals surface area contributed by atoms with Gasteiger partial charge in [0.25, 0.3) is 0 Å². The van der Waals surface area contributed by atoms with E-state index in [0.717, 1.165) is 0 Å². The number of aryl methyl sites for hydroxylation is 1. The minimum absolute atomic E-state index is 0.0660. The van der Waals surface area contributed by atoms with Gasteiger partial charge >= 0.3 is 5.63 Å². The van der Waals surface area contributed by atoms with Gasteiger partial charge in [-0.1, -0.05) is 0 Å². The second-order valence-corrected chi connectivity index (χ2v) is 14.1. The van der Waals surface area contributed by atoms with Crippen LogP contribution in [0.4, 0.5) is 0 Å². The quantitative estimate of drug-likeness (QED) is 0.0884. The summed E-state index contributed by atoms with van der Waals surface area (Å²) in [6, 6.07) is 5.76. The molecule has 23 nitrogen and oxygen atoms in total. The number of aliphatic hydroxyl groups is 13. The fraction of sp³-hybridized carbons (Fsp3) is 0.735. The lowest BCUT2D eigenvalue weighted by atomic mass is 9.95. The highest BCUT2D eigenvalue weighted by molar-refractivity contribution is 5.81. The van der Waals surface area contributed by atoms with Crippen LogP contribution in [0.2, 0.25) is 0 Å². The summed E-state index contributed by atoms with van der Waals surface area (Å²) in [6.07, 6.45) is -35.5. The molecule has 20 atom stereocenters. The number of hydrogen-bond donors (Lipinski definition) is 13. The van der Waals surface area contributed by atoms with E-state index in [-0.39, 0.29) is 11.3 Å². The molecule has 0 bridgehead atoms. The van der Waals surface area contributed by atoms with Crippen molar-refractivity contribution in [1.82, 2.24) is 0 Å². The van der Waals surface area contributed by atoms with E-state index in [1.54, 1.807) is 13.0 Å². The van der Waals surface area contributed by atoms with Crippen molar-refractivity contribution in [3.8, 4) is 5.75 Å². The molecule has 0 radical (unpaired) electrons. The molecule has 1 aromatic heterocycles. The number of ether oxygens (including phenoxy) is 8. The normalized spacial score (nSPS) is 44.2. The van der Waals surface area contributed by atoms with Crippen molar-refractivity contribution in [2.75, 3.05) is 26.4 Å². The monoisotopic (exact) mass is 824 g/mol. The molecule has 4 aliphatic heterocycles. The van der Waals surface area contributed by atoms with Crippen LogP contribution in [0.5, 0.6) is 5.75 Å². The molecule has 6 rings (SSSR count). The van der Waals surface area contributed by atoms with Crippen molar-refractivity contribution < 1.29 is 109 Å². The summed E-state index contributed by atoms with van der Waals surface area (Å²) < 4.78 is 49.9. The van der Waals surface area contributed by atoms with E-state index in [1.165, 1.54) is 18.2 Å². The first-order valence-electron chi connectivity index (χ1n) is 18.0. The molecule has 13 N–H and O–H groups in total. The largest absolute Gasteiger partial charge is 0.462 e. The number of rotatable bonds is 12. The van der Waals surface area contributed by atoms with E-state index in [2.05, 4.69) is 0 Å². The van der Waals surface area contributed by atoms with E-state index < -0.39 is 155 Å². The third-order valence-corrected chi connectivity index (χ3v) is 10.4. The van der Waals surface area contributed by atoms with Crippen molar-refractivity contribution in [3.05, 3.63) is 40.2 Å². The first kappa shape index (κ1) is 44.0. The first-order chi connectivity index (χ1) is 27.1. The average Bonchev–Trinajstić information content (AvgIpc) is 3.19. The fourth-order valence-corrected chi connectivity index (χ4v) is 7.14. The van der Waals surface area contributed by atoms with Gasteiger partial charge in [0.1, 0.15) is 109 Å². The predicted molar refractivity (Wildman–Crippen MR) is 180 cm³/mol. The van der Waals surface area contributed by atoms with Crippen molar-refractivity contribution in [3.63, 3.8) is 0 Å². The van der Waals surface area contributed by atoms with Crippen LogP contribution in [-0.4, -0.2) is 216 Å². The molecule has 57 heavy (non-hydrogen) atoms. The van der Waals surface area contributed by atoms with Gasteiger partial charge in [-0.15, -0.1) is 0 Å². The zero-order valence-corrected chi connectivity index (χ0v) is 30.1. The molecule has 4 fully saturated rings. The number of aliphatic hydroxyl groups excluding tert-OH is 13. The summed E-state index contributed by atoms with van der Waals surface area (Å²) in [5.74, 6) is 0.0660. The summed E-state index contributed by atoms with van der Waals surface area (Å²) in [7, 11) is 0. The first-order valence-corrected chi connectivity index (χ1v) is 18.0. The molecule has 23 heteroatoms. The van der Waals surface area contributed by atoms with Crippen LogP contribution >= 0.6 is 0 Å². The van der Waals surface area contributed by atoms with Gasteiger partial charge in [0.15, 0.2) is 18.9 Å². The Morgan fingerprint density at radius 2 is 0.912 bits per heavy atom. The van der Waals surface area contributed by atoms with E-state index in [4.69, 9.17) is 42.3 Å². The number of fused-ring (bicyclic) bond motifs is 1. The summed E-state index contributed by atoms with van der Waals surface area (Å²) >= 11 is 0. The molecule has 4 saturated heterocycles. The molecule has 0 aliphatic carbocycles. The zero-order valence-electron chi connectivity index (χ0n) is 30.1. The average molecular weight is 825 g/mol. The van der Waals surface area contributed by atoms with Crippen molar-refractivity contribution >= 4 is 11.0 Å². The van der Waals surface area contributed by atoms with Crippen LogP contribution in [0, 0.1) is 6.92 Å². The highest BCUT2D eigenvalue weighted by Crippen LogP contribution is 2.35. The van der Waals surface area contributed by atoms with Gasteiger partial charge in [-0.3, -0.25) is 0 Å². The van der Waals surface area contributed by atoms with Gasteiger partial charge in [-0.25, -0.2) is 4.79 Å². The second-order valence-electron chi connectivity index (χ2n) is 14.1. The van der Waals surface area contributed by atoms with Gasteiger partial charge in [-0.05, 0) is 24.6 Å². The maximum atomic E-state index is 11.9. The van der Waals surface area contributed by atoms with E-state index in [1.807, 2.05) is 0 Å². The van der Waals surface area contributed by atoms with Crippen LogP contribution in [-0.2, 0) is 33.2 Å². The second kappa shape index (κ2) is 18.4. The predicted octanol–water partition coefficient (Wildman–Crippen LogP) is -7.25. The topological polar surface area (TPSA) is 367 Å². The highest BCUT2D eigenvalue weighted by atomic mass is 16.8. The van der Waals surface area contributed by atoms with Crippen LogP contribution in [0.3, 0.4) is 0 Å². The van der Waals surface area contributed by atoms with Crippen molar-refractivity contribution in [1.29, 1.82) is 0 Å². The summed E-state index contributed by atoms with van der Waals surface area (Å²) in [5.41, 5.74) is 0.206. The Morgan fingerprint density at radius 3 is 1.37 bits per heavy atom. The Hall–Kier alpha value is -2.57. The van der Waals surface area contributed by atoms with E-state index >= 15 is 0 Å². The highest BCUT2D eigenvalue weighted by Gasteiger charge is 2.55. The molecular weight excluding hydrogens is 776 g/mol. The Balaban J connectivity index is 1.09. The van der Waals surface area contributed by atoms with Crippen LogP contribution < -0.4 is 10.4 Å². The summed E-state index contributed by atoms with van der Waals surface area (Å²) in [5, 5.41) is 137. The lowest BCUT2D eigenvalue weighted by molar-refractivity contribution is -0.387. The van der Waals surface area contributed by atoms with Gasteiger partial charge < -0.3 is 109 Å². The zero-order chi connectivity index (χ0) is 41.5. The van der Waals surface area contributed by atoms with E-state index in [9.17, 15) is 71.2 Å². The van der Waals surface area contributed by atoms with Crippen LogP contribution in [0.15, 0.2) is 33.5 Å². The Bertz CT molecular complexity index is 1670. The van der Waals surface area contributed by atoms with Gasteiger partial charge in [0.05, 0.1) is 26.4 Å². The summed E-state index contributed by atoms with van der Waals surface area (Å²) in [6.45, 7) is -1.75. The van der Waals surface area contributed by atoms with Crippen LogP contribution in [0.25, 0.3) is 11.0 Å². The van der Waals surface area contributed by atoms with Crippen LogP contribution in [0.1, 0.15) is 5.56 Å². The lowest BCUT2D eigenvalue weighted by Gasteiger charge is -2.49. The Labute approximate surface area is 321 Å². The molecule has 5 heterocycles. The maximum Gasteiger partial charge on any atom is 0.336 e. The minimum atomic E-state index is -2.05. The van der Waals surface area contributed by atoms with Crippen molar-refractivity contribution in [2.24, 2.45) is 0 Å². The Morgan fingerprint density at radius 1 is 0.509 bits per heavy atom. The number of hydrogen-bond acceptors (Lipinski definition) is 23. The molecule has 0 spiro atoms. The Kier molecular flexibility index (Phi) is 14.2. The molecule has 1 aromatic carbocycles. The lowest BCUT2D eigenvalue weighted by Crippen LogP contribution is -2.67. The minimum Gasteiger partial charge on any atom is -0.462 e. The van der Waals surface area contributed by atoms with E-state index in [0.29, 0.717) is 10.9 Å². The molecule has 2 aromatic rings. The van der Waals surface area contributed by atoms with Gasteiger partial charge in [0.2, 0.25) is 6.29 Å². The molecule has 12 unspecified atom stereocenters. The molecule has 0 saturated carbocycles. The standard InChI is InChI=1S/C34H48O23/c1-10-4-18(39)50-13-5-11(2-3-12(10)13)49-31-25(46)21(42)28(15(7-36)52-31)56-33-27(48)23(44)30(17(9-38)54-33)57-34-26(47)22(43)29(16(8-37)53-34)55-32-24(45)20(41)19(40)14(6-35)51-32/h2-5,14-17,19-38,40-48H,6-9H2,1H3/t14?,15?,16?,17?,19-,20?,21?,22?,23?,24?,25?,26?,27?,28-,29-,30-,31+,32-,33-,34-/m0/s1.